The van der Waals surface area contributed by atoms with Crippen LogP contribution in [-0.4, -0.2) is 29.9 Å². The van der Waals surface area contributed by atoms with Crippen LogP contribution in [0.25, 0.3) is 29.3 Å². The first-order valence-electron chi connectivity index (χ1n) is 21.3. The van der Waals surface area contributed by atoms with Crippen LogP contribution < -0.4 is 4.74 Å². The fraction of sp³-hybridized carbons (Fsp3) is 0.500. The number of hydrogen-bond acceptors (Lipinski definition) is 7. The first kappa shape index (κ1) is 42.6. The minimum absolute atomic E-state index is 0.135. The Morgan fingerprint density at radius 3 is 1.70 bits per heavy atom. The summed E-state index contributed by atoms with van der Waals surface area (Å²) < 4.78 is 6.37. The van der Waals surface area contributed by atoms with Crippen molar-refractivity contribution in [3.8, 4) is 35.0 Å². The molecule has 0 unspecified atom stereocenters. The zero-order chi connectivity index (χ0) is 39.3. The highest BCUT2D eigenvalue weighted by molar-refractivity contribution is 7.28. The van der Waals surface area contributed by atoms with Gasteiger partial charge in [0.25, 0.3) is 11.8 Å². The summed E-state index contributed by atoms with van der Waals surface area (Å²) >= 11 is 6.90. The van der Waals surface area contributed by atoms with Crippen LogP contribution in [0.4, 0.5) is 0 Å². The molecule has 1 aliphatic rings. The summed E-state index contributed by atoms with van der Waals surface area (Å²) in [6.07, 6.45) is 21.3. The van der Waals surface area contributed by atoms with Gasteiger partial charge >= 0.3 is 0 Å². The molecule has 56 heavy (non-hydrogen) atoms. The van der Waals surface area contributed by atoms with Crippen LogP contribution in [0.3, 0.4) is 0 Å². The molecular weight excluding hydrogens is 767 g/mol. The number of benzene rings is 1. The molecule has 0 N–H and O–H groups in total. The van der Waals surface area contributed by atoms with Gasteiger partial charge in [-0.1, -0.05) is 103 Å². The Kier molecular flexibility index (Phi) is 16.4. The van der Waals surface area contributed by atoms with Crippen molar-refractivity contribution in [3.63, 3.8) is 0 Å². The van der Waals surface area contributed by atoms with Gasteiger partial charge in [-0.15, -0.1) is 45.3 Å². The summed E-state index contributed by atoms with van der Waals surface area (Å²) in [6, 6.07) is 21.6. The lowest BCUT2D eigenvalue weighted by Gasteiger charge is -2.18. The minimum Gasteiger partial charge on any atom is -0.493 e. The van der Waals surface area contributed by atoms with E-state index >= 15 is 0 Å². The Morgan fingerprint density at radius 2 is 1.09 bits per heavy atom. The van der Waals surface area contributed by atoms with Gasteiger partial charge in [0.05, 0.1) is 22.6 Å². The monoisotopic (exact) mass is 827 g/mol. The highest BCUT2D eigenvalue weighted by Gasteiger charge is 2.41. The Labute approximate surface area is 352 Å². The number of hydrogen-bond donors (Lipinski definition) is 0. The standard InChI is InChI=1S/C48H61NO3S4/c1-5-7-9-11-13-15-20-37(21-16-14-12-10-8-6-2)33-52-38-25-23-36(24-26-38)19-17-18-32-49-47(50)44-35(4)54-46(45(44)48(49)51)43-31-30-42(56-43)41-29-28-40(55-41)39-27-22-34(3)53-39/h22-31,37H,5-21,32-33H2,1-4H3. The maximum absolute atomic E-state index is 13.8. The van der Waals surface area contributed by atoms with E-state index in [0.717, 1.165) is 46.3 Å². The molecule has 1 aromatic carbocycles. The molecule has 0 saturated carbocycles. The molecule has 1 aliphatic heterocycles. The van der Waals surface area contributed by atoms with E-state index in [1.807, 2.05) is 18.3 Å². The van der Waals surface area contributed by atoms with Crippen LogP contribution in [0.1, 0.15) is 153 Å². The molecule has 0 spiro atoms. The molecule has 5 aromatic rings. The average Bonchev–Trinajstić information content (AvgIpc) is 4.05. The minimum atomic E-state index is -0.140. The van der Waals surface area contributed by atoms with Crippen molar-refractivity contribution in [2.45, 2.75) is 137 Å². The van der Waals surface area contributed by atoms with Crippen molar-refractivity contribution in [2.24, 2.45) is 5.92 Å². The Balaban J connectivity index is 0.966. The molecule has 0 fully saturated rings. The van der Waals surface area contributed by atoms with E-state index in [0.29, 0.717) is 23.6 Å². The number of amides is 2. The van der Waals surface area contributed by atoms with Crippen molar-refractivity contribution in [3.05, 3.63) is 87.1 Å². The van der Waals surface area contributed by atoms with Gasteiger partial charge in [-0.2, -0.15) is 0 Å². The van der Waals surface area contributed by atoms with Crippen LogP contribution >= 0.6 is 45.3 Å². The summed E-state index contributed by atoms with van der Waals surface area (Å²) in [6.45, 7) is 9.95. The van der Waals surface area contributed by atoms with Gasteiger partial charge < -0.3 is 4.74 Å². The number of ether oxygens (including phenoxy) is 1. The summed E-state index contributed by atoms with van der Waals surface area (Å²) in [5, 5.41) is 0. The molecule has 0 atom stereocenters. The van der Waals surface area contributed by atoms with E-state index in [-0.39, 0.29) is 11.8 Å². The molecule has 2 amide bonds. The number of imide groups is 1. The zero-order valence-electron chi connectivity index (χ0n) is 34.1. The van der Waals surface area contributed by atoms with E-state index in [4.69, 9.17) is 4.74 Å². The molecular formula is C48H61NO3S4. The van der Waals surface area contributed by atoms with Crippen molar-refractivity contribution >= 4 is 57.2 Å². The van der Waals surface area contributed by atoms with Gasteiger partial charge in [0.15, 0.2) is 0 Å². The Bertz CT molecular complexity index is 1960. The predicted molar refractivity (Wildman–Crippen MR) is 243 cm³/mol. The third-order valence-corrected chi connectivity index (χ3v) is 16.0. The average molecular weight is 828 g/mol. The second-order valence-corrected chi connectivity index (χ2v) is 20.3. The van der Waals surface area contributed by atoms with Crippen molar-refractivity contribution in [2.75, 3.05) is 13.2 Å². The van der Waals surface area contributed by atoms with Crippen LogP contribution in [-0.2, 0) is 6.42 Å². The number of aryl methyl sites for hydroxylation is 3. The van der Waals surface area contributed by atoms with E-state index in [2.05, 4.69) is 81.4 Å². The summed E-state index contributed by atoms with van der Waals surface area (Å²) in [5.41, 5.74) is 2.47. The molecule has 4 nitrogen and oxygen atoms in total. The van der Waals surface area contributed by atoms with Gasteiger partial charge in [0, 0.05) is 40.7 Å². The summed E-state index contributed by atoms with van der Waals surface area (Å²) in [4.78, 5) is 38.1. The van der Waals surface area contributed by atoms with E-state index < -0.39 is 0 Å². The smallest absolute Gasteiger partial charge is 0.263 e. The van der Waals surface area contributed by atoms with Crippen molar-refractivity contribution in [1.82, 2.24) is 4.90 Å². The summed E-state index contributed by atoms with van der Waals surface area (Å²) in [5.74, 6) is 1.32. The molecule has 6 rings (SSSR count). The zero-order valence-corrected chi connectivity index (χ0v) is 37.4. The number of thiophene rings is 4. The molecule has 0 bridgehead atoms. The van der Waals surface area contributed by atoms with Crippen molar-refractivity contribution < 1.29 is 14.3 Å². The Morgan fingerprint density at radius 1 is 0.554 bits per heavy atom. The SMILES string of the molecule is CCCCCCCCC(CCCCCCCC)COc1ccc(CCCCN2C(=O)c3c(C)sc(-c4ccc(-c5ccc(-c6ccc(C)s6)s5)s4)c3C2=O)cc1. The highest BCUT2D eigenvalue weighted by Crippen LogP contribution is 2.47. The van der Waals surface area contributed by atoms with Crippen LogP contribution in [0, 0.1) is 19.8 Å². The fourth-order valence-electron chi connectivity index (χ4n) is 7.81. The van der Waals surface area contributed by atoms with Gasteiger partial charge in [0.1, 0.15) is 5.75 Å². The molecule has 300 valence electrons. The molecule has 4 aromatic heterocycles. The first-order chi connectivity index (χ1) is 27.4. The number of nitrogens with zero attached hydrogens (tertiary/aromatic N) is 1. The number of unbranched alkanes of at least 4 members (excludes halogenated alkanes) is 11. The number of carbonyl (C=O) groups is 2. The quantitative estimate of drug-likeness (QED) is 0.0435. The predicted octanol–water partition coefficient (Wildman–Crippen LogP) is 15.7. The second-order valence-electron chi connectivity index (χ2n) is 15.6. The number of rotatable bonds is 25. The van der Waals surface area contributed by atoms with Crippen LogP contribution in [0.2, 0.25) is 0 Å². The van der Waals surface area contributed by atoms with E-state index in [1.165, 1.54) is 125 Å². The normalized spacial score (nSPS) is 12.8. The second kappa shape index (κ2) is 21.6. The van der Waals surface area contributed by atoms with Gasteiger partial charge in [0.2, 0.25) is 0 Å². The third kappa shape index (κ3) is 11.3. The molecule has 8 heteroatoms. The molecule has 5 heterocycles. The van der Waals surface area contributed by atoms with Crippen molar-refractivity contribution in [1.29, 1.82) is 0 Å². The molecule has 0 aliphatic carbocycles. The lowest BCUT2D eigenvalue weighted by atomic mass is 9.94. The lowest BCUT2D eigenvalue weighted by Crippen LogP contribution is -2.31. The van der Waals surface area contributed by atoms with E-state index in [9.17, 15) is 9.59 Å². The topological polar surface area (TPSA) is 46.6 Å². The molecule has 0 radical (unpaired) electrons. The maximum Gasteiger partial charge on any atom is 0.263 e. The van der Waals surface area contributed by atoms with Gasteiger partial charge in [-0.25, -0.2) is 0 Å². The van der Waals surface area contributed by atoms with Crippen LogP contribution in [0.15, 0.2) is 60.7 Å². The Hall–Kier alpha value is -3.04. The highest BCUT2D eigenvalue weighted by atomic mass is 32.1. The van der Waals surface area contributed by atoms with E-state index in [1.54, 1.807) is 34.0 Å². The number of carbonyl (C=O) groups excluding carboxylic acids is 2. The first-order valence-corrected chi connectivity index (χ1v) is 24.6. The lowest BCUT2D eigenvalue weighted by molar-refractivity contribution is 0.0651. The fourth-order valence-corrected chi connectivity index (χ4v) is 12.1. The van der Waals surface area contributed by atoms with Gasteiger partial charge in [-0.3, -0.25) is 14.5 Å². The van der Waals surface area contributed by atoms with Crippen LogP contribution in [0.5, 0.6) is 5.75 Å². The largest absolute Gasteiger partial charge is 0.493 e. The van der Waals surface area contributed by atoms with Gasteiger partial charge in [-0.05, 0) is 106 Å². The summed E-state index contributed by atoms with van der Waals surface area (Å²) in [7, 11) is 0. The molecule has 0 saturated heterocycles. The third-order valence-electron chi connectivity index (χ3n) is 11.1. The maximum atomic E-state index is 13.8. The number of fused-ring (bicyclic) bond motifs is 1.